The quantitative estimate of drug-likeness (QED) is 0.154. The van der Waals surface area contributed by atoms with Crippen LogP contribution in [0.4, 0.5) is 34.1 Å². The first-order valence-electron chi connectivity index (χ1n) is 23.1. The molecule has 1 fully saturated rings. The summed E-state index contributed by atoms with van der Waals surface area (Å²) in [6, 6.07) is 79.6. The molecule has 9 aromatic rings. The van der Waals surface area contributed by atoms with E-state index in [2.05, 4.69) is 229 Å². The number of hydrogen-bond acceptors (Lipinski definition) is 2. The lowest BCUT2D eigenvalue weighted by Crippen LogP contribution is -2.42. The predicted molar refractivity (Wildman–Crippen MR) is 268 cm³/mol. The summed E-state index contributed by atoms with van der Waals surface area (Å²) in [5.41, 5.74) is 23.9. The average molecular weight is 818 g/mol. The molecule has 0 amide bonds. The van der Waals surface area contributed by atoms with Crippen LogP contribution in [0.25, 0.3) is 33.4 Å². The lowest BCUT2D eigenvalue weighted by Gasteiger charge is -2.38. The molecule has 0 saturated heterocycles. The second-order valence-electron chi connectivity index (χ2n) is 18.0. The van der Waals surface area contributed by atoms with Crippen LogP contribution in [0.1, 0.15) is 65.8 Å². The Balaban J connectivity index is 0.971. The normalized spacial score (nSPS) is 15.0. The molecule has 1 saturated carbocycles. The second kappa shape index (κ2) is 14.9. The summed E-state index contributed by atoms with van der Waals surface area (Å²) in [7, 11) is 2.42. The predicted octanol–water partition coefficient (Wildman–Crippen LogP) is 14.7. The van der Waals surface area contributed by atoms with Crippen molar-refractivity contribution in [2.24, 2.45) is 0 Å². The summed E-state index contributed by atoms with van der Waals surface area (Å²) in [5, 5.41) is 0. The maximum Gasteiger partial charge on any atom is 0.199 e. The van der Waals surface area contributed by atoms with Gasteiger partial charge in [-0.3, -0.25) is 0 Å². The Labute approximate surface area is 377 Å². The van der Waals surface area contributed by atoms with E-state index in [1.165, 1.54) is 127 Å². The van der Waals surface area contributed by atoms with Crippen LogP contribution in [0.2, 0.25) is 0 Å². The molecule has 1 aliphatic heterocycles. The molecule has 0 aromatic heterocycles. The third-order valence-electron chi connectivity index (χ3n) is 14.7. The van der Waals surface area contributed by atoms with Gasteiger partial charge in [-0.2, -0.15) is 0 Å². The third-order valence-corrected chi connectivity index (χ3v) is 14.7. The van der Waals surface area contributed by atoms with E-state index >= 15 is 0 Å². The highest BCUT2D eigenvalue weighted by molar-refractivity contribution is 6.73. The first-order valence-corrected chi connectivity index (χ1v) is 23.1. The van der Waals surface area contributed by atoms with Crippen LogP contribution in [-0.2, 0) is 5.41 Å². The zero-order valence-electron chi connectivity index (χ0n) is 35.8. The molecule has 0 unspecified atom stereocenters. The van der Waals surface area contributed by atoms with Crippen molar-refractivity contribution in [3.05, 3.63) is 240 Å². The number of fused-ring (bicyclic) bond motifs is 12. The van der Waals surface area contributed by atoms with Gasteiger partial charge in [0.1, 0.15) is 0 Å². The van der Waals surface area contributed by atoms with Gasteiger partial charge in [0.15, 0.2) is 7.28 Å². The highest BCUT2D eigenvalue weighted by atomic mass is 15.2. The van der Waals surface area contributed by atoms with Crippen LogP contribution < -0.4 is 20.7 Å². The van der Waals surface area contributed by atoms with Crippen LogP contribution in [0, 0.1) is 0 Å². The van der Waals surface area contributed by atoms with Gasteiger partial charge in [-0.15, -0.1) is 0 Å². The fraction of sp³-hybridized carbons (Fsp3) is 0.115. The Morgan fingerprint density at radius 1 is 0.438 bits per heavy atom. The minimum Gasteiger partial charge on any atom is -0.312 e. The Morgan fingerprint density at radius 2 is 0.984 bits per heavy atom. The fourth-order valence-electron chi connectivity index (χ4n) is 11.9. The van der Waals surface area contributed by atoms with Crippen LogP contribution in [0.3, 0.4) is 0 Å². The molecule has 1 heterocycles. The van der Waals surface area contributed by atoms with Gasteiger partial charge in [0, 0.05) is 34.1 Å². The van der Waals surface area contributed by atoms with Crippen molar-refractivity contribution in [3.8, 4) is 33.4 Å². The molecule has 303 valence electrons. The molecule has 1 spiro atoms. The summed E-state index contributed by atoms with van der Waals surface area (Å²) in [5.74, 6) is 0.528. The number of hydrogen-bond donors (Lipinski definition) is 0. The van der Waals surface area contributed by atoms with E-state index in [0.717, 1.165) is 11.4 Å². The number of rotatable bonds is 6. The molecule has 2 nitrogen and oxygen atoms in total. The summed E-state index contributed by atoms with van der Waals surface area (Å²) in [6.07, 6.45) is 6.36. The van der Waals surface area contributed by atoms with Gasteiger partial charge in [0.25, 0.3) is 0 Å². The molecule has 0 atom stereocenters. The van der Waals surface area contributed by atoms with Gasteiger partial charge in [-0.25, -0.2) is 0 Å². The van der Waals surface area contributed by atoms with Crippen molar-refractivity contribution in [2.75, 3.05) is 9.80 Å². The Hall–Kier alpha value is -7.36. The molecule has 3 heteroatoms. The maximum atomic E-state index is 2.53. The van der Waals surface area contributed by atoms with Crippen LogP contribution in [0.15, 0.2) is 212 Å². The molecule has 1 radical (unpaired) electrons. The van der Waals surface area contributed by atoms with Gasteiger partial charge < -0.3 is 9.80 Å². The summed E-state index contributed by atoms with van der Waals surface area (Å²) in [4.78, 5) is 5.00. The highest BCUT2D eigenvalue weighted by Crippen LogP contribution is 2.63. The molecule has 9 aromatic carbocycles. The zero-order valence-corrected chi connectivity index (χ0v) is 35.8. The van der Waals surface area contributed by atoms with Gasteiger partial charge in [-0.05, 0) is 146 Å². The van der Waals surface area contributed by atoms with Crippen molar-refractivity contribution in [2.45, 2.75) is 43.4 Å². The van der Waals surface area contributed by atoms with Crippen LogP contribution in [0.5, 0.6) is 0 Å². The molecule has 13 rings (SSSR count). The second-order valence-corrected chi connectivity index (χ2v) is 18.0. The van der Waals surface area contributed by atoms with E-state index in [1.54, 1.807) is 0 Å². The maximum absolute atomic E-state index is 2.53. The van der Waals surface area contributed by atoms with E-state index in [4.69, 9.17) is 0 Å². The molecule has 64 heavy (non-hydrogen) atoms. The van der Waals surface area contributed by atoms with Crippen LogP contribution >= 0.6 is 0 Å². The van der Waals surface area contributed by atoms with Crippen molar-refractivity contribution in [3.63, 3.8) is 0 Å². The Bertz CT molecular complexity index is 3180. The minimum atomic E-state index is -0.371. The largest absolute Gasteiger partial charge is 0.312 e. The van der Waals surface area contributed by atoms with Crippen molar-refractivity contribution < 1.29 is 0 Å². The number of benzene rings is 9. The number of nitrogens with zero attached hydrogens (tertiary/aromatic N) is 2. The molecular formula is C61H46BN2. The standard InChI is InChI=1S/C61H46BN2/c1-4-18-41(19-5-1)44-39-58(60-59(40-44)64(46-22-8-3-9-23-46)57-31-17-16-30-56(57)62-60)63(45-20-6-2-7-21-45)47-35-32-42(33-36-47)43-34-37-51-50-26-12-15-29-54(50)61(55(51)38-43)52-27-13-10-24-48(52)49-25-11-14-28-53(49)61/h2-3,6-17,20-41H,1,4-5,18-19H2. The topological polar surface area (TPSA) is 6.48 Å². The fourth-order valence-corrected chi connectivity index (χ4v) is 11.9. The van der Waals surface area contributed by atoms with E-state index < -0.39 is 0 Å². The smallest absolute Gasteiger partial charge is 0.199 e. The van der Waals surface area contributed by atoms with Gasteiger partial charge in [0.2, 0.25) is 0 Å². The SMILES string of the molecule is [B]1c2ccccc2N(c2ccccc2)c2cc(C3CCCCC3)cc(N(c3ccccc3)c3ccc(-c4ccc5c(c4)C4(c6ccccc6-c6ccccc64)c4ccccc4-5)cc3)c21. The van der Waals surface area contributed by atoms with E-state index in [-0.39, 0.29) is 5.41 Å². The van der Waals surface area contributed by atoms with E-state index in [9.17, 15) is 0 Å². The van der Waals surface area contributed by atoms with Crippen molar-refractivity contribution >= 4 is 52.3 Å². The Morgan fingerprint density at radius 3 is 1.66 bits per heavy atom. The summed E-state index contributed by atoms with van der Waals surface area (Å²) < 4.78 is 0. The average Bonchev–Trinajstić information content (AvgIpc) is 3.84. The van der Waals surface area contributed by atoms with Crippen LogP contribution in [-0.4, -0.2) is 7.28 Å². The van der Waals surface area contributed by atoms with E-state index in [0.29, 0.717) is 5.92 Å². The zero-order chi connectivity index (χ0) is 42.2. The third kappa shape index (κ3) is 5.60. The molecule has 0 bridgehead atoms. The van der Waals surface area contributed by atoms with Gasteiger partial charge in [0.05, 0.1) is 5.41 Å². The molecule has 0 N–H and O–H groups in total. The van der Waals surface area contributed by atoms with Crippen molar-refractivity contribution in [1.29, 1.82) is 0 Å². The number of anilines is 6. The van der Waals surface area contributed by atoms with Gasteiger partial charge in [-0.1, -0.05) is 176 Å². The lowest BCUT2D eigenvalue weighted by atomic mass is 9.59. The lowest BCUT2D eigenvalue weighted by molar-refractivity contribution is 0.444. The van der Waals surface area contributed by atoms with E-state index in [1.807, 2.05) is 0 Å². The minimum absolute atomic E-state index is 0.371. The first kappa shape index (κ1) is 37.2. The first-order chi connectivity index (χ1) is 31.8. The highest BCUT2D eigenvalue weighted by Gasteiger charge is 2.51. The van der Waals surface area contributed by atoms with Crippen molar-refractivity contribution in [1.82, 2.24) is 0 Å². The summed E-state index contributed by atoms with van der Waals surface area (Å²) >= 11 is 0. The molecule has 4 aliphatic rings. The molecule has 3 aliphatic carbocycles. The number of para-hydroxylation sites is 3. The van der Waals surface area contributed by atoms with Gasteiger partial charge >= 0.3 is 0 Å². The molecular weight excluding hydrogens is 771 g/mol. The Kier molecular flexibility index (Phi) is 8.66. The monoisotopic (exact) mass is 817 g/mol. The summed E-state index contributed by atoms with van der Waals surface area (Å²) in [6.45, 7) is 0.